The summed E-state index contributed by atoms with van der Waals surface area (Å²) >= 11 is 14.3. The van der Waals surface area contributed by atoms with Gasteiger partial charge in [-0.2, -0.15) is 13.2 Å². The highest BCUT2D eigenvalue weighted by molar-refractivity contribution is 7.97. The molecule has 0 spiro atoms. The maximum Gasteiger partial charge on any atom is 0.417 e. The van der Waals surface area contributed by atoms with E-state index >= 15 is 0 Å². The molecule has 0 unspecified atom stereocenters. The first-order valence-corrected chi connectivity index (χ1v) is 27.4. The second kappa shape index (κ2) is 25.0. The quantitative estimate of drug-likeness (QED) is 0.0947. The van der Waals surface area contributed by atoms with Crippen molar-refractivity contribution >= 4 is 70.7 Å². The Morgan fingerprint density at radius 3 is 1.42 bits per heavy atom. The minimum Gasteiger partial charge on any atom is -0.493 e. The number of amides is 4. The Morgan fingerprint density at radius 1 is 0.611 bits per heavy atom. The Hall–Kier alpha value is -4.71. The smallest absolute Gasteiger partial charge is 0.417 e. The lowest BCUT2D eigenvalue weighted by Gasteiger charge is -2.32. The molecule has 2 saturated heterocycles. The lowest BCUT2D eigenvalue weighted by Crippen LogP contribution is -2.40. The van der Waals surface area contributed by atoms with Crippen LogP contribution in [0.2, 0.25) is 10.0 Å². The fourth-order valence-electron chi connectivity index (χ4n) is 8.60. The number of carbonyl (C=O) groups excluding carboxylic acids is 4. The van der Waals surface area contributed by atoms with E-state index in [1.807, 2.05) is 0 Å². The van der Waals surface area contributed by atoms with E-state index in [1.54, 1.807) is 47.7 Å². The van der Waals surface area contributed by atoms with E-state index in [0.717, 1.165) is 85.5 Å². The third-order valence-electron chi connectivity index (χ3n) is 13.3. The van der Waals surface area contributed by atoms with Crippen LogP contribution in [0.25, 0.3) is 0 Å². The van der Waals surface area contributed by atoms with Gasteiger partial charge in [0.05, 0.1) is 35.5 Å². The molecule has 9 rings (SSSR count). The highest BCUT2D eigenvalue weighted by atomic mass is 35.5. The van der Waals surface area contributed by atoms with Gasteiger partial charge in [0.15, 0.2) is 0 Å². The summed E-state index contributed by atoms with van der Waals surface area (Å²) in [4.78, 5) is 53.1. The van der Waals surface area contributed by atoms with Gasteiger partial charge in [0.1, 0.15) is 23.1 Å². The normalized spacial score (nSPS) is 17.2. The van der Waals surface area contributed by atoms with Crippen LogP contribution in [-0.4, -0.2) is 85.3 Å². The molecule has 0 radical (unpaired) electrons. The zero-order valence-electron chi connectivity index (χ0n) is 40.4. The number of ether oxygens (including phenoxy) is 2. The summed E-state index contributed by atoms with van der Waals surface area (Å²) < 4.78 is 86.2. The number of likely N-dealkylation sites (tertiary alicyclic amines) is 2. The van der Waals surface area contributed by atoms with Gasteiger partial charge in [-0.15, -0.1) is 0 Å². The van der Waals surface area contributed by atoms with Gasteiger partial charge in [0, 0.05) is 66.4 Å². The molecule has 10 nitrogen and oxygen atoms in total. The first-order valence-electron chi connectivity index (χ1n) is 24.2. The monoisotopic (exact) mass is 1080 g/mol. The van der Waals surface area contributed by atoms with Crippen LogP contribution in [0.4, 0.5) is 22.0 Å². The molecule has 2 heterocycles. The molecule has 72 heavy (non-hydrogen) atoms. The lowest BCUT2D eigenvalue weighted by molar-refractivity contribution is -0.138. The van der Waals surface area contributed by atoms with Crippen molar-refractivity contribution in [2.24, 2.45) is 17.8 Å². The third kappa shape index (κ3) is 15.2. The van der Waals surface area contributed by atoms with E-state index in [9.17, 15) is 41.1 Å². The zero-order chi connectivity index (χ0) is 51.7. The van der Waals surface area contributed by atoms with Gasteiger partial charge in [-0.25, -0.2) is 8.78 Å². The summed E-state index contributed by atoms with van der Waals surface area (Å²) in [5.41, 5.74) is 0.954. The van der Waals surface area contributed by atoms with Crippen molar-refractivity contribution in [1.82, 2.24) is 19.2 Å². The summed E-state index contributed by atoms with van der Waals surface area (Å²) in [7, 11) is 0. The number of rotatable bonds is 14. The standard InChI is InChI=1S/C25H26F4N2O3S.C24H25Cl2FN2O3S.C4H8/c1-35-30-23(32)19-12-18(16-6-7-16)22(13-21(19)26)34-14-15-8-10-31(11-9-15)24(33)17-4-2-3-5-20(17)25(27,28)29;1-33-28-23(30)20-11-19(15-2-3-15)22(12-21(20)27)32-13-14-4-6-29(7-5-14)24(31)16-8-17(25)10-18(26)9-16;1-4-2-3-4/h2-5,12-13,15-16H,6-11,14H2,1H3,(H,30,32);8-12,14-15H,2-7,13H2,1H3,(H,28,30);4H,2-3H2,1H3. The molecular formula is C53H59Cl2F5N4O6S2. The average molecular weight is 1080 g/mol. The van der Waals surface area contributed by atoms with Crippen molar-refractivity contribution < 1.29 is 50.6 Å². The molecule has 3 saturated carbocycles. The van der Waals surface area contributed by atoms with Gasteiger partial charge < -0.3 is 19.3 Å². The molecule has 5 aliphatic rings. The minimum absolute atomic E-state index is 0.0143. The highest BCUT2D eigenvalue weighted by Gasteiger charge is 2.37. The average Bonchev–Trinajstić information content (AvgIpc) is 4.20. The van der Waals surface area contributed by atoms with Gasteiger partial charge >= 0.3 is 6.18 Å². The molecule has 0 bridgehead atoms. The van der Waals surface area contributed by atoms with Crippen LogP contribution in [-0.2, 0) is 6.18 Å². The minimum atomic E-state index is -4.60. The van der Waals surface area contributed by atoms with Crippen molar-refractivity contribution in [3.8, 4) is 11.5 Å². The predicted molar refractivity (Wildman–Crippen MR) is 273 cm³/mol. The van der Waals surface area contributed by atoms with E-state index in [2.05, 4.69) is 16.4 Å². The van der Waals surface area contributed by atoms with Crippen LogP contribution in [0.15, 0.2) is 66.7 Å². The van der Waals surface area contributed by atoms with Crippen LogP contribution in [0.1, 0.15) is 141 Å². The Morgan fingerprint density at radius 2 is 1.03 bits per heavy atom. The molecular weight excluding hydrogens is 1020 g/mol. The van der Waals surface area contributed by atoms with Gasteiger partial charge in [0.2, 0.25) is 0 Å². The molecule has 4 aromatic rings. The molecule has 2 aliphatic heterocycles. The van der Waals surface area contributed by atoms with E-state index in [-0.39, 0.29) is 40.4 Å². The Bertz CT molecular complexity index is 2560. The summed E-state index contributed by atoms with van der Waals surface area (Å²) in [5, 5.41) is 0.870. The molecule has 19 heteroatoms. The molecule has 0 atom stereocenters. The van der Waals surface area contributed by atoms with Crippen molar-refractivity contribution in [2.45, 2.75) is 89.1 Å². The van der Waals surface area contributed by atoms with Crippen molar-refractivity contribution in [2.75, 3.05) is 51.9 Å². The Labute approximate surface area is 436 Å². The molecule has 3 aliphatic carbocycles. The number of carbonyl (C=O) groups is 4. The number of nitrogens with zero attached hydrogens (tertiary/aromatic N) is 2. The third-order valence-corrected chi connectivity index (χ3v) is 14.5. The Balaban J connectivity index is 0.000000196. The molecule has 4 aromatic carbocycles. The first-order chi connectivity index (χ1) is 34.4. The van der Waals surface area contributed by atoms with E-state index in [4.69, 9.17) is 32.7 Å². The number of halogens is 7. The molecule has 388 valence electrons. The molecule has 0 aromatic heterocycles. The number of alkyl halides is 3. The van der Waals surface area contributed by atoms with Crippen LogP contribution in [0.3, 0.4) is 0 Å². The number of hydrogen-bond acceptors (Lipinski definition) is 8. The maximum absolute atomic E-state index is 14.6. The molecule has 4 amide bonds. The summed E-state index contributed by atoms with van der Waals surface area (Å²) in [5.74, 6) is 0.0138. The zero-order valence-corrected chi connectivity index (χ0v) is 43.5. The Kier molecular flexibility index (Phi) is 19.1. The van der Waals surface area contributed by atoms with E-state index < -0.39 is 41.1 Å². The second-order valence-electron chi connectivity index (χ2n) is 19.0. The van der Waals surface area contributed by atoms with Crippen molar-refractivity contribution in [3.05, 3.63) is 127 Å². The van der Waals surface area contributed by atoms with Crippen LogP contribution in [0.5, 0.6) is 11.5 Å². The first kappa shape index (κ1) is 55.0. The predicted octanol–water partition coefficient (Wildman–Crippen LogP) is 13.0. The summed E-state index contributed by atoms with van der Waals surface area (Å²) in [6.07, 6.45) is 8.41. The van der Waals surface area contributed by atoms with Crippen LogP contribution in [0, 0.1) is 29.4 Å². The topological polar surface area (TPSA) is 117 Å². The maximum atomic E-state index is 14.6. The van der Waals surface area contributed by atoms with Crippen molar-refractivity contribution in [1.29, 1.82) is 0 Å². The summed E-state index contributed by atoms with van der Waals surface area (Å²) in [6.45, 7) is 4.87. The van der Waals surface area contributed by atoms with Gasteiger partial charge in [-0.1, -0.05) is 79.0 Å². The summed E-state index contributed by atoms with van der Waals surface area (Å²) in [6, 6.07) is 15.5. The van der Waals surface area contributed by atoms with Gasteiger partial charge in [0.25, 0.3) is 23.6 Å². The molecule has 5 fully saturated rings. The molecule has 2 N–H and O–H groups in total. The van der Waals surface area contributed by atoms with Gasteiger partial charge in [-0.05, 0) is 135 Å². The van der Waals surface area contributed by atoms with Gasteiger partial charge in [-0.3, -0.25) is 28.6 Å². The fourth-order valence-corrected chi connectivity index (χ4v) is 9.71. The number of nitrogens with one attached hydrogen (secondary N) is 2. The largest absolute Gasteiger partial charge is 0.493 e. The number of hydrogen-bond donors (Lipinski definition) is 2. The fraction of sp³-hybridized carbons (Fsp3) is 0.472. The number of benzene rings is 4. The van der Waals surface area contributed by atoms with Crippen LogP contribution >= 0.6 is 47.1 Å². The lowest BCUT2D eigenvalue weighted by atomic mass is 9.96. The van der Waals surface area contributed by atoms with Crippen molar-refractivity contribution in [3.63, 3.8) is 0 Å². The van der Waals surface area contributed by atoms with E-state index in [1.165, 1.54) is 48.1 Å². The van der Waals surface area contributed by atoms with E-state index in [0.29, 0.717) is 85.3 Å². The number of piperidine rings is 2. The highest BCUT2D eigenvalue weighted by Crippen LogP contribution is 2.47. The van der Waals surface area contributed by atoms with Crippen LogP contribution < -0.4 is 18.9 Å². The SMILES string of the molecule is CC1CC1.CSNC(=O)c1cc(C2CC2)c(OCC2CCN(C(=O)c3cc(Cl)cc(Cl)c3)CC2)cc1F.CSNC(=O)c1cc(C2CC2)c(OCC2CCN(C(=O)c3ccccc3C(F)(F)F)CC2)cc1F. The second-order valence-corrected chi connectivity index (χ2v) is 21.1.